The molecular formula is C10H12N2O6S. The van der Waals surface area contributed by atoms with Crippen LogP contribution in [0, 0.1) is 10.1 Å². The Bertz CT molecular complexity index is 625. The predicted molar refractivity (Wildman–Crippen MR) is 66.9 cm³/mol. The molecule has 0 heterocycles. The number of hydrogen-bond donors (Lipinski definition) is 2. The maximum atomic E-state index is 11.3. The molecule has 0 unspecified atom stereocenters. The monoisotopic (exact) mass is 288 g/mol. The van der Waals surface area contributed by atoms with Gasteiger partial charge in [0.25, 0.3) is 5.69 Å². The van der Waals surface area contributed by atoms with E-state index in [0.717, 1.165) is 12.3 Å². The molecule has 1 rings (SSSR count). The fraction of sp³-hybridized carbons (Fsp3) is 0.300. The van der Waals surface area contributed by atoms with E-state index in [0.29, 0.717) is 0 Å². The molecule has 0 spiro atoms. The number of nitrogens with zero attached hydrogens (tertiary/aromatic N) is 1. The number of hydrogen-bond acceptors (Lipinski definition) is 6. The van der Waals surface area contributed by atoms with Gasteiger partial charge >= 0.3 is 5.97 Å². The average Bonchev–Trinajstić information content (AvgIpc) is 2.27. The minimum absolute atomic E-state index is 0.0488. The van der Waals surface area contributed by atoms with Gasteiger partial charge in [0.2, 0.25) is 0 Å². The molecule has 0 fully saturated rings. The molecule has 104 valence electrons. The van der Waals surface area contributed by atoms with Gasteiger partial charge in [-0.15, -0.1) is 0 Å². The molecule has 0 aliphatic carbocycles. The van der Waals surface area contributed by atoms with Crippen molar-refractivity contribution in [3.63, 3.8) is 0 Å². The van der Waals surface area contributed by atoms with Crippen LogP contribution in [-0.2, 0) is 14.6 Å². The minimum Gasteiger partial charge on any atom is -0.480 e. The molecular weight excluding hydrogens is 276 g/mol. The topological polar surface area (TPSA) is 127 Å². The molecule has 19 heavy (non-hydrogen) atoms. The Labute approximate surface area is 109 Å². The van der Waals surface area contributed by atoms with Crippen molar-refractivity contribution >= 4 is 27.2 Å². The number of carbonyl (C=O) groups is 1. The van der Waals surface area contributed by atoms with Gasteiger partial charge in [0.05, 0.1) is 9.82 Å². The highest BCUT2D eigenvalue weighted by Crippen LogP contribution is 2.28. The molecule has 2 N–H and O–H groups in total. The number of anilines is 1. The van der Waals surface area contributed by atoms with Crippen molar-refractivity contribution in [3.05, 3.63) is 28.3 Å². The van der Waals surface area contributed by atoms with Crippen molar-refractivity contribution in [1.29, 1.82) is 0 Å². The van der Waals surface area contributed by atoms with Crippen LogP contribution in [0.25, 0.3) is 0 Å². The lowest BCUT2D eigenvalue weighted by atomic mass is 10.2. The number of benzene rings is 1. The van der Waals surface area contributed by atoms with Crippen molar-refractivity contribution in [2.75, 3.05) is 11.6 Å². The highest BCUT2D eigenvalue weighted by molar-refractivity contribution is 7.90. The third-order valence-corrected chi connectivity index (χ3v) is 3.45. The predicted octanol–water partition coefficient (Wildman–Crippen LogP) is 0.883. The van der Waals surface area contributed by atoms with Crippen molar-refractivity contribution in [1.82, 2.24) is 0 Å². The van der Waals surface area contributed by atoms with Crippen LogP contribution >= 0.6 is 0 Å². The second kappa shape index (κ2) is 5.22. The second-order valence-corrected chi connectivity index (χ2v) is 5.93. The Hall–Kier alpha value is -2.16. The Balaban J connectivity index is 3.27. The van der Waals surface area contributed by atoms with E-state index in [1.807, 2.05) is 0 Å². The molecule has 0 amide bonds. The van der Waals surface area contributed by atoms with Gasteiger partial charge in [-0.1, -0.05) is 0 Å². The van der Waals surface area contributed by atoms with Crippen LogP contribution in [0.5, 0.6) is 0 Å². The Kier molecular flexibility index (Phi) is 4.10. The Morgan fingerprint density at radius 3 is 2.47 bits per heavy atom. The number of nitro groups is 1. The molecule has 0 aromatic heterocycles. The lowest BCUT2D eigenvalue weighted by Gasteiger charge is -2.11. The number of rotatable bonds is 5. The summed E-state index contributed by atoms with van der Waals surface area (Å²) < 4.78 is 22.6. The van der Waals surface area contributed by atoms with E-state index in [1.165, 1.54) is 19.1 Å². The summed E-state index contributed by atoms with van der Waals surface area (Å²) in [5.41, 5.74) is -0.539. The van der Waals surface area contributed by atoms with E-state index >= 15 is 0 Å². The van der Waals surface area contributed by atoms with Crippen LogP contribution in [-0.4, -0.2) is 36.7 Å². The van der Waals surface area contributed by atoms with Gasteiger partial charge in [0.1, 0.15) is 11.7 Å². The summed E-state index contributed by atoms with van der Waals surface area (Å²) in [6.07, 6.45) is 0.930. The zero-order valence-corrected chi connectivity index (χ0v) is 11.0. The fourth-order valence-corrected chi connectivity index (χ4v) is 1.95. The maximum Gasteiger partial charge on any atom is 0.325 e. The number of nitrogens with one attached hydrogen (secondary N) is 1. The SMILES string of the molecule is C[C@@H](Nc1ccc(S(C)(=O)=O)cc1[N+](=O)[O-])C(=O)O. The lowest BCUT2D eigenvalue weighted by Crippen LogP contribution is -2.25. The molecule has 1 atom stereocenters. The zero-order valence-electron chi connectivity index (χ0n) is 10.2. The third kappa shape index (κ3) is 3.65. The van der Waals surface area contributed by atoms with Gasteiger partial charge < -0.3 is 10.4 Å². The van der Waals surface area contributed by atoms with Crippen LogP contribution < -0.4 is 5.32 Å². The third-order valence-electron chi connectivity index (χ3n) is 2.34. The first-order valence-electron chi connectivity index (χ1n) is 5.10. The van der Waals surface area contributed by atoms with Crippen molar-refractivity contribution in [2.45, 2.75) is 17.9 Å². The van der Waals surface area contributed by atoms with E-state index in [-0.39, 0.29) is 10.6 Å². The number of sulfone groups is 1. The van der Waals surface area contributed by atoms with Crippen molar-refractivity contribution < 1.29 is 23.2 Å². The zero-order chi connectivity index (χ0) is 14.8. The highest BCUT2D eigenvalue weighted by atomic mass is 32.2. The van der Waals surface area contributed by atoms with Gasteiger partial charge in [-0.2, -0.15) is 0 Å². The van der Waals surface area contributed by atoms with E-state index in [4.69, 9.17) is 5.11 Å². The molecule has 9 heteroatoms. The number of aliphatic carboxylic acids is 1. The molecule has 1 aromatic rings. The summed E-state index contributed by atoms with van der Waals surface area (Å²) in [6, 6.07) is 2.21. The normalized spacial score (nSPS) is 12.7. The van der Waals surface area contributed by atoms with Gasteiger partial charge in [-0.3, -0.25) is 14.9 Å². The molecule has 0 saturated carbocycles. The molecule has 0 saturated heterocycles. The Morgan fingerprint density at radius 1 is 1.47 bits per heavy atom. The first kappa shape index (κ1) is 14.9. The number of carboxylic acid groups (broad SMARTS) is 1. The fourth-order valence-electron chi connectivity index (χ4n) is 1.31. The first-order chi connectivity index (χ1) is 8.62. The summed E-state index contributed by atoms with van der Waals surface area (Å²) in [6.45, 7) is 1.32. The molecule has 0 bridgehead atoms. The number of carboxylic acids is 1. The van der Waals surface area contributed by atoms with Crippen molar-refractivity contribution in [2.24, 2.45) is 0 Å². The highest BCUT2D eigenvalue weighted by Gasteiger charge is 2.21. The lowest BCUT2D eigenvalue weighted by molar-refractivity contribution is -0.384. The molecule has 1 aromatic carbocycles. The van der Waals surface area contributed by atoms with Crippen molar-refractivity contribution in [3.8, 4) is 0 Å². The van der Waals surface area contributed by atoms with Gasteiger partial charge in [0, 0.05) is 12.3 Å². The average molecular weight is 288 g/mol. The summed E-state index contributed by atoms with van der Waals surface area (Å²) in [5, 5.41) is 22.0. The summed E-state index contributed by atoms with van der Waals surface area (Å²) in [4.78, 5) is 20.6. The van der Waals surface area contributed by atoms with E-state index in [1.54, 1.807) is 0 Å². The van der Waals surface area contributed by atoms with Crippen LogP contribution in [0.1, 0.15) is 6.92 Å². The molecule has 0 aliphatic heterocycles. The largest absolute Gasteiger partial charge is 0.480 e. The van der Waals surface area contributed by atoms with Crippen LogP contribution in [0.3, 0.4) is 0 Å². The van der Waals surface area contributed by atoms with Crippen LogP contribution in [0.4, 0.5) is 11.4 Å². The number of nitro benzene ring substituents is 1. The molecule has 0 radical (unpaired) electrons. The van der Waals surface area contributed by atoms with Gasteiger partial charge in [0.15, 0.2) is 9.84 Å². The second-order valence-electron chi connectivity index (χ2n) is 3.91. The Morgan fingerprint density at radius 2 is 2.05 bits per heavy atom. The van der Waals surface area contributed by atoms with Crippen LogP contribution in [0.2, 0.25) is 0 Å². The molecule has 8 nitrogen and oxygen atoms in total. The quantitative estimate of drug-likeness (QED) is 0.608. The van der Waals surface area contributed by atoms with Gasteiger partial charge in [-0.25, -0.2) is 8.42 Å². The van der Waals surface area contributed by atoms with Crippen LogP contribution in [0.15, 0.2) is 23.1 Å². The molecule has 0 aliphatic rings. The summed E-state index contributed by atoms with van der Waals surface area (Å²) in [5.74, 6) is -1.18. The summed E-state index contributed by atoms with van der Waals surface area (Å²) in [7, 11) is -3.57. The van der Waals surface area contributed by atoms with Gasteiger partial charge in [-0.05, 0) is 19.1 Å². The van der Waals surface area contributed by atoms with E-state index in [2.05, 4.69) is 5.32 Å². The van der Waals surface area contributed by atoms with E-state index in [9.17, 15) is 23.3 Å². The first-order valence-corrected chi connectivity index (χ1v) is 7.00. The maximum absolute atomic E-state index is 11.3. The standard InChI is InChI=1S/C10H12N2O6S/c1-6(10(13)14)11-8-4-3-7(19(2,17)18)5-9(8)12(15)16/h3-6,11H,1-2H3,(H,13,14)/t6-/m1/s1. The summed E-state index contributed by atoms with van der Waals surface area (Å²) >= 11 is 0. The minimum atomic E-state index is -3.57. The smallest absolute Gasteiger partial charge is 0.325 e. The van der Waals surface area contributed by atoms with E-state index < -0.39 is 32.5 Å².